The fourth-order valence-electron chi connectivity index (χ4n) is 3.53. The number of fused-ring (bicyclic) bond motifs is 2. The number of rotatable bonds is 2. The van der Waals surface area contributed by atoms with E-state index in [4.69, 9.17) is 11.6 Å². The molecule has 27 heavy (non-hydrogen) atoms. The van der Waals surface area contributed by atoms with Gasteiger partial charge in [-0.25, -0.2) is 18.9 Å². The zero-order valence-electron chi connectivity index (χ0n) is 14.0. The lowest BCUT2D eigenvalue weighted by atomic mass is 9.99. The molecular formula is C18H14ClFN6O. The van der Waals surface area contributed by atoms with Gasteiger partial charge in [0.15, 0.2) is 10.9 Å². The maximum Gasteiger partial charge on any atom is 0.173 e. The summed E-state index contributed by atoms with van der Waals surface area (Å²) in [7, 11) is 0. The SMILES string of the molecule is Oc1ccc(N2CCc3[nH]cnc3[C@H]2c2cc3c(F)cccn3n2)nc1Cl. The van der Waals surface area contributed by atoms with Crippen LogP contribution in [-0.4, -0.2) is 36.2 Å². The second-order valence-electron chi connectivity index (χ2n) is 6.35. The molecule has 0 saturated carbocycles. The van der Waals surface area contributed by atoms with Gasteiger partial charge in [0.2, 0.25) is 0 Å². The van der Waals surface area contributed by atoms with Crippen molar-refractivity contribution in [1.29, 1.82) is 0 Å². The van der Waals surface area contributed by atoms with Crippen LogP contribution < -0.4 is 4.90 Å². The summed E-state index contributed by atoms with van der Waals surface area (Å²) in [4.78, 5) is 13.9. The average Bonchev–Trinajstić information content (AvgIpc) is 3.30. The van der Waals surface area contributed by atoms with Gasteiger partial charge in [-0.15, -0.1) is 0 Å². The number of imidazole rings is 1. The Kier molecular flexibility index (Phi) is 3.54. The van der Waals surface area contributed by atoms with E-state index in [2.05, 4.69) is 20.1 Å². The monoisotopic (exact) mass is 384 g/mol. The third-order valence-corrected chi connectivity index (χ3v) is 5.06. The quantitative estimate of drug-likeness (QED) is 0.519. The fraction of sp³-hybridized carbons (Fsp3) is 0.167. The first-order valence-corrected chi connectivity index (χ1v) is 8.77. The van der Waals surface area contributed by atoms with Gasteiger partial charge in [0.05, 0.1) is 17.7 Å². The first-order chi connectivity index (χ1) is 13.1. The number of nitrogens with one attached hydrogen (secondary N) is 1. The average molecular weight is 385 g/mol. The topological polar surface area (TPSA) is 82.3 Å². The summed E-state index contributed by atoms with van der Waals surface area (Å²) in [6.45, 7) is 0.643. The molecule has 0 aromatic carbocycles. The second-order valence-corrected chi connectivity index (χ2v) is 6.70. The largest absolute Gasteiger partial charge is 0.505 e. The number of halogens is 2. The molecular weight excluding hydrogens is 371 g/mol. The molecule has 1 aliphatic heterocycles. The van der Waals surface area contributed by atoms with Crippen molar-refractivity contribution in [2.75, 3.05) is 11.4 Å². The van der Waals surface area contributed by atoms with E-state index in [-0.39, 0.29) is 22.8 Å². The third kappa shape index (κ3) is 2.52. The van der Waals surface area contributed by atoms with Crippen molar-refractivity contribution < 1.29 is 9.50 Å². The van der Waals surface area contributed by atoms with Crippen LogP contribution >= 0.6 is 11.6 Å². The highest BCUT2D eigenvalue weighted by Gasteiger charge is 2.34. The molecule has 0 radical (unpaired) electrons. The summed E-state index contributed by atoms with van der Waals surface area (Å²) in [5.41, 5.74) is 2.88. The molecule has 0 unspecified atom stereocenters. The van der Waals surface area contributed by atoms with Gasteiger partial charge in [-0.3, -0.25) is 0 Å². The van der Waals surface area contributed by atoms with Crippen LogP contribution in [0.4, 0.5) is 10.2 Å². The highest BCUT2D eigenvalue weighted by Crippen LogP contribution is 2.37. The van der Waals surface area contributed by atoms with Crippen molar-refractivity contribution in [2.45, 2.75) is 12.5 Å². The van der Waals surface area contributed by atoms with E-state index in [1.54, 1.807) is 30.7 Å². The minimum absolute atomic E-state index is 0.0279. The van der Waals surface area contributed by atoms with E-state index in [1.807, 2.05) is 4.90 Å². The Labute approximate surface area is 158 Å². The molecule has 0 saturated heterocycles. The van der Waals surface area contributed by atoms with Crippen LogP contribution in [0.1, 0.15) is 23.1 Å². The first-order valence-electron chi connectivity index (χ1n) is 8.40. The maximum absolute atomic E-state index is 14.2. The highest BCUT2D eigenvalue weighted by atomic mass is 35.5. The molecule has 5 rings (SSSR count). The summed E-state index contributed by atoms with van der Waals surface area (Å²) < 4.78 is 15.7. The predicted molar refractivity (Wildman–Crippen MR) is 97.5 cm³/mol. The van der Waals surface area contributed by atoms with E-state index in [0.29, 0.717) is 23.6 Å². The maximum atomic E-state index is 14.2. The van der Waals surface area contributed by atoms with Gasteiger partial charge in [-0.05, 0) is 30.3 Å². The number of hydrogen-bond donors (Lipinski definition) is 2. The van der Waals surface area contributed by atoms with Crippen LogP contribution in [0.15, 0.2) is 42.9 Å². The summed E-state index contributed by atoms with van der Waals surface area (Å²) in [6.07, 6.45) is 4.10. The Balaban J connectivity index is 1.68. The summed E-state index contributed by atoms with van der Waals surface area (Å²) in [5.74, 6) is 0.171. The Bertz CT molecular complexity index is 1160. The van der Waals surface area contributed by atoms with E-state index in [0.717, 1.165) is 17.8 Å². The number of anilines is 1. The summed E-state index contributed by atoms with van der Waals surface area (Å²) >= 11 is 6.01. The molecule has 0 fully saturated rings. The molecule has 5 heterocycles. The second kappa shape index (κ2) is 5.95. The standard InChI is InChI=1S/C18H14ClFN6O/c19-18-14(27)3-4-15(23-18)25-7-5-11-16(22-9-21-11)17(25)12-8-13-10(20)2-1-6-26(13)24-12/h1-4,6,8-9,17,27H,5,7H2,(H,21,22)/t17-/m1/s1. The van der Waals surface area contributed by atoms with Gasteiger partial charge in [0, 0.05) is 24.9 Å². The Hall–Kier alpha value is -3.13. The van der Waals surface area contributed by atoms with E-state index in [1.165, 1.54) is 16.6 Å². The number of pyridine rings is 2. The van der Waals surface area contributed by atoms with Crippen molar-refractivity contribution in [1.82, 2.24) is 24.6 Å². The minimum atomic E-state index is -0.354. The molecule has 0 bridgehead atoms. The van der Waals surface area contributed by atoms with Crippen LogP contribution in [0, 0.1) is 5.82 Å². The number of aromatic amines is 1. The molecule has 4 aromatic heterocycles. The van der Waals surface area contributed by atoms with E-state index >= 15 is 0 Å². The molecule has 0 aliphatic carbocycles. The van der Waals surface area contributed by atoms with Crippen molar-refractivity contribution in [3.63, 3.8) is 0 Å². The lowest BCUT2D eigenvalue weighted by molar-refractivity contribution is 0.472. The van der Waals surface area contributed by atoms with Gasteiger partial charge in [0.25, 0.3) is 0 Å². The third-order valence-electron chi connectivity index (χ3n) is 4.78. The molecule has 2 N–H and O–H groups in total. The lowest BCUT2D eigenvalue weighted by Crippen LogP contribution is -2.37. The number of nitrogens with zero attached hydrogens (tertiary/aromatic N) is 5. The Morgan fingerprint density at radius 2 is 2.19 bits per heavy atom. The molecule has 9 heteroatoms. The van der Waals surface area contributed by atoms with Crippen molar-refractivity contribution in [2.24, 2.45) is 0 Å². The van der Waals surface area contributed by atoms with Gasteiger partial charge in [0.1, 0.15) is 23.2 Å². The van der Waals surface area contributed by atoms with E-state index < -0.39 is 0 Å². The Morgan fingerprint density at radius 1 is 1.30 bits per heavy atom. The molecule has 1 atom stereocenters. The lowest BCUT2D eigenvalue weighted by Gasteiger charge is -2.34. The number of hydrogen-bond acceptors (Lipinski definition) is 5. The van der Waals surface area contributed by atoms with Crippen molar-refractivity contribution in [3.05, 3.63) is 70.9 Å². The Morgan fingerprint density at radius 3 is 3.00 bits per heavy atom. The molecule has 0 spiro atoms. The minimum Gasteiger partial charge on any atom is -0.505 e. The molecule has 136 valence electrons. The summed E-state index contributed by atoms with van der Waals surface area (Å²) in [6, 6.07) is 7.58. The number of aromatic hydroxyl groups is 1. The van der Waals surface area contributed by atoms with Crippen LogP contribution in [0.25, 0.3) is 5.52 Å². The molecule has 4 aromatic rings. The summed E-state index contributed by atoms with van der Waals surface area (Å²) in [5, 5.41) is 14.3. The van der Waals surface area contributed by atoms with Gasteiger partial charge in [-0.2, -0.15) is 5.10 Å². The van der Waals surface area contributed by atoms with Crippen LogP contribution in [0.2, 0.25) is 5.15 Å². The zero-order chi connectivity index (χ0) is 18.5. The zero-order valence-corrected chi connectivity index (χ0v) is 14.7. The van der Waals surface area contributed by atoms with Crippen molar-refractivity contribution >= 4 is 22.9 Å². The van der Waals surface area contributed by atoms with Crippen LogP contribution in [0.5, 0.6) is 5.75 Å². The van der Waals surface area contributed by atoms with Gasteiger partial charge in [-0.1, -0.05) is 11.6 Å². The van der Waals surface area contributed by atoms with Crippen LogP contribution in [-0.2, 0) is 6.42 Å². The molecule has 0 amide bonds. The van der Waals surface area contributed by atoms with Crippen molar-refractivity contribution in [3.8, 4) is 5.75 Å². The highest BCUT2D eigenvalue weighted by molar-refractivity contribution is 6.30. The van der Waals surface area contributed by atoms with E-state index in [9.17, 15) is 9.50 Å². The predicted octanol–water partition coefficient (Wildman–Crippen LogP) is 3.10. The number of aromatic nitrogens is 5. The molecule has 1 aliphatic rings. The van der Waals surface area contributed by atoms with Gasteiger partial charge >= 0.3 is 0 Å². The first kappa shape index (κ1) is 16.1. The molecule has 7 nitrogen and oxygen atoms in total. The number of H-pyrrole nitrogens is 1. The fourth-order valence-corrected chi connectivity index (χ4v) is 3.68. The van der Waals surface area contributed by atoms with Crippen LogP contribution in [0.3, 0.4) is 0 Å². The smallest absolute Gasteiger partial charge is 0.173 e. The normalized spacial score (nSPS) is 16.7. The van der Waals surface area contributed by atoms with Gasteiger partial charge < -0.3 is 15.0 Å².